The summed E-state index contributed by atoms with van der Waals surface area (Å²) in [6.45, 7) is 3.98. The number of hydrogen-bond acceptors (Lipinski definition) is 2. The van der Waals surface area contributed by atoms with Crippen LogP contribution < -0.4 is 5.73 Å². The molecule has 0 bridgehead atoms. The van der Waals surface area contributed by atoms with E-state index in [1.807, 2.05) is 26.0 Å². The first-order chi connectivity index (χ1) is 7.00. The van der Waals surface area contributed by atoms with Crippen LogP contribution in [0, 0.1) is 13.8 Å². The Morgan fingerprint density at radius 3 is 2.53 bits per heavy atom. The molecular weight excluding hydrogens is 320 g/mol. The van der Waals surface area contributed by atoms with E-state index in [1.165, 1.54) is 5.56 Å². The van der Waals surface area contributed by atoms with Crippen molar-refractivity contribution in [3.63, 3.8) is 0 Å². The average Bonchev–Trinajstić information content (AvgIpc) is 2.17. The van der Waals surface area contributed by atoms with Gasteiger partial charge in [0.1, 0.15) is 0 Å². The van der Waals surface area contributed by atoms with Gasteiger partial charge >= 0.3 is 0 Å². The van der Waals surface area contributed by atoms with Crippen molar-refractivity contribution in [1.29, 1.82) is 0 Å². The molecule has 4 heteroatoms. The standard InChI is InChI=1S/C11H10Br2N2/c1-5-3-7-10(14)9(13)6(2)15-11(7)8(12)4-5/h3-4H,1-2H3,(H2,14,15). The maximum atomic E-state index is 6.05. The normalized spacial score (nSPS) is 10.9. The Balaban J connectivity index is 2.98. The van der Waals surface area contributed by atoms with Crippen molar-refractivity contribution in [2.45, 2.75) is 13.8 Å². The summed E-state index contributed by atoms with van der Waals surface area (Å²) in [6, 6.07) is 4.09. The van der Waals surface area contributed by atoms with Crippen molar-refractivity contribution in [1.82, 2.24) is 4.98 Å². The number of nitrogen functional groups attached to an aromatic ring is 1. The van der Waals surface area contributed by atoms with E-state index in [1.54, 1.807) is 0 Å². The highest BCUT2D eigenvalue weighted by atomic mass is 79.9. The van der Waals surface area contributed by atoms with Gasteiger partial charge in [0.05, 0.1) is 21.4 Å². The molecule has 0 saturated heterocycles. The Hall–Kier alpha value is -0.610. The minimum absolute atomic E-state index is 0.752. The molecular formula is C11H10Br2N2. The first-order valence-electron chi connectivity index (χ1n) is 4.52. The maximum Gasteiger partial charge on any atom is 0.0868 e. The molecule has 2 aromatic rings. The van der Waals surface area contributed by atoms with E-state index < -0.39 is 0 Å². The summed E-state index contributed by atoms with van der Waals surface area (Å²) in [5.41, 5.74) is 9.79. The lowest BCUT2D eigenvalue weighted by Crippen LogP contribution is -1.96. The maximum absolute atomic E-state index is 6.05. The predicted molar refractivity (Wildman–Crippen MR) is 71.0 cm³/mol. The van der Waals surface area contributed by atoms with E-state index in [9.17, 15) is 0 Å². The number of hydrogen-bond donors (Lipinski definition) is 1. The van der Waals surface area contributed by atoms with Gasteiger partial charge in [0.15, 0.2) is 0 Å². The Kier molecular flexibility index (Phi) is 2.73. The molecule has 0 atom stereocenters. The molecule has 0 amide bonds. The van der Waals surface area contributed by atoms with Crippen LogP contribution in [-0.2, 0) is 0 Å². The lowest BCUT2D eigenvalue weighted by Gasteiger charge is -2.09. The van der Waals surface area contributed by atoms with E-state index in [2.05, 4.69) is 36.8 Å². The second-order valence-electron chi connectivity index (χ2n) is 3.57. The molecule has 0 saturated carbocycles. The minimum Gasteiger partial charge on any atom is -0.397 e. The number of rotatable bonds is 0. The van der Waals surface area contributed by atoms with Crippen LogP contribution in [0.5, 0.6) is 0 Å². The summed E-state index contributed by atoms with van der Waals surface area (Å²) in [5.74, 6) is 0. The number of nitrogens with zero attached hydrogens (tertiary/aromatic N) is 1. The summed E-state index contributed by atoms with van der Waals surface area (Å²) in [6.07, 6.45) is 0. The fourth-order valence-corrected chi connectivity index (χ4v) is 2.55. The number of pyridine rings is 1. The fourth-order valence-electron chi connectivity index (χ4n) is 1.58. The Bertz CT molecular complexity index is 550. The largest absolute Gasteiger partial charge is 0.397 e. The molecule has 1 aromatic heterocycles. The van der Waals surface area contributed by atoms with Gasteiger partial charge < -0.3 is 5.73 Å². The van der Waals surface area contributed by atoms with E-state index in [-0.39, 0.29) is 0 Å². The third-order valence-corrected chi connectivity index (χ3v) is 3.94. The molecule has 0 fully saturated rings. The smallest absolute Gasteiger partial charge is 0.0868 e. The highest BCUT2D eigenvalue weighted by Gasteiger charge is 2.10. The highest BCUT2D eigenvalue weighted by molar-refractivity contribution is 9.11. The van der Waals surface area contributed by atoms with E-state index >= 15 is 0 Å². The first-order valence-corrected chi connectivity index (χ1v) is 6.10. The quantitative estimate of drug-likeness (QED) is 0.794. The van der Waals surface area contributed by atoms with Crippen LogP contribution in [-0.4, -0.2) is 4.98 Å². The van der Waals surface area contributed by atoms with Crippen LogP contribution in [0.2, 0.25) is 0 Å². The van der Waals surface area contributed by atoms with Gasteiger partial charge in [0, 0.05) is 9.86 Å². The molecule has 15 heavy (non-hydrogen) atoms. The number of halogens is 2. The zero-order valence-corrected chi connectivity index (χ0v) is 11.6. The topological polar surface area (TPSA) is 38.9 Å². The summed E-state index contributed by atoms with van der Waals surface area (Å²) in [7, 11) is 0. The molecule has 0 radical (unpaired) electrons. The van der Waals surface area contributed by atoms with Gasteiger partial charge in [0.25, 0.3) is 0 Å². The van der Waals surface area contributed by atoms with Crippen LogP contribution in [0.25, 0.3) is 10.9 Å². The zero-order valence-electron chi connectivity index (χ0n) is 8.44. The van der Waals surface area contributed by atoms with Crippen molar-refractivity contribution < 1.29 is 0 Å². The van der Waals surface area contributed by atoms with Crippen LogP contribution >= 0.6 is 31.9 Å². The Morgan fingerprint density at radius 2 is 1.87 bits per heavy atom. The van der Waals surface area contributed by atoms with E-state index in [0.717, 1.165) is 31.2 Å². The molecule has 0 aliphatic carbocycles. The molecule has 0 aliphatic rings. The first kappa shape index (κ1) is 10.9. The number of aromatic nitrogens is 1. The third-order valence-electron chi connectivity index (χ3n) is 2.33. The molecule has 2 nitrogen and oxygen atoms in total. The van der Waals surface area contributed by atoms with Crippen molar-refractivity contribution in [2.75, 3.05) is 5.73 Å². The molecule has 0 unspecified atom stereocenters. The van der Waals surface area contributed by atoms with Gasteiger partial charge in [-0.15, -0.1) is 0 Å². The van der Waals surface area contributed by atoms with Crippen LogP contribution in [0.3, 0.4) is 0 Å². The molecule has 1 aromatic carbocycles. The SMILES string of the molecule is Cc1cc(Br)c2nc(C)c(Br)c(N)c2c1. The number of benzene rings is 1. The van der Waals surface area contributed by atoms with Crippen molar-refractivity contribution in [3.05, 3.63) is 32.3 Å². The third kappa shape index (κ3) is 1.76. The number of anilines is 1. The second-order valence-corrected chi connectivity index (χ2v) is 5.22. The summed E-state index contributed by atoms with van der Waals surface area (Å²) >= 11 is 6.95. The molecule has 2 N–H and O–H groups in total. The molecule has 1 heterocycles. The van der Waals surface area contributed by atoms with Gasteiger partial charge in [-0.3, -0.25) is 4.98 Å². The molecule has 0 aliphatic heterocycles. The second kappa shape index (κ2) is 3.76. The predicted octanol–water partition coefficient (Wildman–Crippen LogP) is 3.96. The van der Waals surface area contributed by atoms with Crippen LogP contribution in [0.4, 0.5) is 5.69 Å². The molecule has 78 valence electrons. The number of fused-ring (bicyclic) bond motifs is 1. The van der Waals surface area contributed by atoms with Crippen molar-refractivity contribution >= 4 is 48.5 Å². The van der Waals surface area contributed by atoms with Gasteiger partial charge in [0.2, 0.25) is 0 Å². The monoisotopic (exact) mass is 328 g/mol. The van der Waals surface area contributed by atoms with Crippen molar-refractivity contribution in [2.24, 2.45) is 0 Å². The lowest BCUT2D eigenvalue weighted by atomic mass is 10.1. The van der Waals surface area contributed by atoms with Gasteiger partial charge in [-0.2, -0.15) is 0 Å². The zero-order chi connectivity index (χ0) is 11.2. The van der Waals surface area contributed by atoms with Gasteiger partial charge in [-0.1, -0.05) is 0 Å². The van der Waals surface area contributed by atoms with Gasteiger partial charge in [-0.25, -0.2) is 0 Å². The van der Waals surface area contributed by atoms with E-state index in [4.69, 9.17) is 5.73 Å². The minimum atomic E-state index is 0.752. The lowest BCUT2D eigenvalue weighted by molar-refractivity contribution is 1.23. The van der Waals surface area contributed by atoms with Crippen LogP contribution in [0.15, 0.2) is 21.1 Å². The average molecular weight is 330 g/mol. The Labute approximate surface area is 105 Å². The summed E-state index contributed by atoms with van der Waals surface area (Å²) in [5, 5.41) is 0.986. The van der Waals surface area contributed by atoms with Crippen LogP contribution in [0.1, 0.15) is 11.3 Å². The Morgan fingerprint density at radius 1 is 1.20 bits per heavy atom. The van der Waals surface area contributed by atoms with E-state index in [0.29, 0.717) is 0 Å². The molecule has 2 rings (SSSR count). The number of nitrogens with two attached hydrogens (primary N) is 1. The van der Waals surface area contributed by atoms with Crippen molar-refractivity contribution in [3.8, 4) is 0 Å². The fraction of sp³-hybridized carbons (Fsp3) is 0.182. The summed E-state index contributed by atoms with van der Waals surface area (Å²) in [4.78, 5) is 4.50. The molecule has 0 spiro atoms. The van der Waals surface area contributed by atoms with Gasteiger partial charge in [-0.05, 0) is 63.4 Å². The number of aryl methyl sites for hydroxylation is 2. The highest BCUT2D eigenvalue weighted by Crippen LogP contribution is 2.34. The summed E-state index contributed by atoms with van der Waals surface area (Å²) < 4.78 is 1.87.